The average Bonchev–Trinajstić information content (AvgIpc) is 3.26. The van der Waals surface area contributed by atoms with Gasteiger partial charge in [0.15, 0.2) is 10.9 Å². The largest absolute Gasteiger partial charge is 0.445 e. The van der Waals surface area contributed by atoms with Crippen molar-refractivity contribution in [1.82, 2.24) is 20.1 Å². The highest BCUT2D eigenvalue weighted by atomic mass is 32.2. The second-order valence-electron chi connectivity index (χ2n) is 4.88. The van der Waals surface area contributed by atoms with Crippen LogP contribution in [-0.4, -0.2) is 26.9 Å². The lowest BCUT2D eigenvalue weighted by atomic mass is 10.1. The molecule has 118 valence electrons. The standard InChI is InChI=1S/C16H16N4O2S/c1-23-15-8-7-14(22-15)16(21)19-13(9-20-11-17-10-18-20)12-5-3-2-4-6-12/h2-8,10-11,13H,9H2,1H3,(H,19,21). The first-order valence-electron chi connectivity index (χ1n) is 7.08. The van der Waals surface area contributed by atoms with E-state index in [2.05, 4.69) is 15.4 Å². The Hall–Kier alpha value is -2.54. The number of thioether (sulfide) groups is 1. The molecule has 0 fully saturated rings. The van der Waals surface area contributed by atoms with Gasteiger partial charge in [0.25, 0.3) is 5.91 Å². The summed E-state index contributed by atoms with van der Waals surface area (Å²) in [4.78, 5) is 16.4. The molecule has 0 aliphatic rings. The molecule has 1 atom stereocenters. The molecule has 0 aliphatic heterocycles. The molecule has 2 aromatic heterocycles. The maximum absolute atomic E-state index is 12.4. The van der Waals surface area contributed by atoms with Gasteiger partial charge in [0.05, 0.1) is 12.6 Å². The molecule has 3 aromatic rings. The van der Waals surface area contributed by atoms with Crippen LogP contribution in [0.5, 0.6) is 0 Å². The van der Waals surface area contributed by atoms with Crippen LogP contribution < -0.4 is 5.32 Å². The van der Waals surface area contributed by atoms with E-state index in [1.807, 2.05) is 36.6 Å². The van der Waals surface area contributed by atoms with Gasteiger partial charge in [-0.05, 0) is 24.0 Å². The van der Waals surface area contributed by atoms with Crippen molar-refractivity contribution < 1.29 is 9.21 Å². The molecule has 0 radical (unpaired) electrons. The maximum atomic E-state index is 12.4. The van der Waals surface area contributed by atoms with Crippen molar-refractivity contribution >= 4 is 17.7 Å². The van der Waals surface area contributed by atoms with Gasteiger partial charge < -0.3 is 9.73 Å². The maximum Gasteiger partial charge on any atom is 0.287 e. The van der Waals surface area contributed by atoms with Crippen molar-refractivity contribution in [3.05, 3.63) is 66.4 Å². The van der Waals surface area contributed by atoms with Gasteiger partial charge >= 0.3 is 0 Å². The zero-order valence-electron chi connectivity index (χ0n) is 12.5. The second kappa shape index (κ2) is 7.15. The number of carbonyl (C=O) groups excluding carboxylic acids is 1. The number of hydrogen-bond donors (Lipinski definition) is 1. The number of rotatable bonds is 6. The fourth-order valence-electron chi connectivity index (χ4n) is 2.22. The van der Waals surface area contributed by atoms with E-state index in [0.717, 1.165) is 5.56 Å². The Balaban J connectivity index is 1.79. The molecule has 6 nitrogen and oxygen atoms in total. The Morgan fingerprint density at radius 3 is 2.78 bits per heavy atom. The Morgan fingerprint density at radius 2 is 2.13 bits per heavy atom. The zero-order chi connectivity index (χ0) is 16.1. The Morgan fingerprint density at radius 1 is 1.30 bits per heavy atom. The average molecular weight is 328 g/mol. The topological polar surface area (TPSA) is 73.0 Å². The number of benzene rings is 1. The molecule has 23 heavy (non-hydrogen) atoms. The lowest BCUT2D eigenvalue weighted by Crippen LogP contribution is -2.31. The first kappa shape index (κ1) is 15.4. The Labute approximate surface area is 137 Å². The smallest absolute Gasteiger partial charge is 0.287 e. The van der Waals surface area contributed by atoms with E-state index in [1.54, 1.807) is 23.1 Å². The summed E-state index contributed by atoms with van der Waals surface area (Å²) in [5.74, 6) is 0.0492. The SMILES string of the molecule is CSc1ccc(C(=O)NC(Cn2cncn2)c2ccccc2)o1. The monoisotopic (exact) mass is 328 g/mol. The van der Waals surface area contributed by atoms with Gasteiger partial charge in [-0.3, -0.25) is 9.48 Å². The van der Waals surface area contributed by atoms with Gasteiger partial charge in [0, 0.05) is 0 Å². The molecule has 7 heteroatoms. The highest BCUT2D eigenvalue weighted by molar-refractivity contribution is 7.98. The molecule has 0 aliphatic carbocycles. The first-order valence-corrected chi connectivity index (χ1v) is 8.31. The minimum absolute atomic E-state index is 0.228. The van der Waals surface area contributed by atoms with E-state index in [1.165, 1.54) is 18.1 Å². The molecule has 3 rings (SSSR count). The molecule has 1 aromatic carbocycles. The van der Waals surface area contributed by atoms with Crippen LogP contribution in [0.15, 0.2) is 64.6 Å². The van der Waals surface area contributed by atoms with E-state index < -0.39 is 0 Å². The number of nitrogens with zero attached hydrogens (tertiary/aromatic N) is 3. The predicted octanol–water partition coefficient (Wildman–Crippen LogP) is 2.76. The van der Waals surface area contributed by atoms with Crippen LogP contribution in [0.1, 0.15) is 22.2 Å². The molecular formula is C16H16N4O2S. The third kappa shape index (κ3) is 3.81. The van der Waals surface area contributed by atoms with E-state index in [9.17, 15) is 4.79 Å². The lowest BCUT2D eigenvalue weighted by Gasteiger charge is -2.18. The third-order valence-electron chi connectivity index (χ3n) is 3.35. The lowest BCUT2D eigenvalue weighted by molar-refractivity contribution is 0.0898. The van der Waals surface area contributed by atoms with E-state index in [-0.39, 0.29) is 11.9 Å². The summed E-state index contributed by atoms with van der Waals surface area (Å²) in [5.41, 5.74) is 0.994. The molecule has 2 heterocycles. The van der Waals surface area contributed by atoms with Crippen LogP contribution in [0.3, 0.4) is 0 Å². The van der Waals surface area contributed by atoms with Crippen molar-refractivity contribution in [3.8, 4) is 0 Å². The molecule has 0 saturated heterocycles. The van der Waals surface area contributed by atoms with E-state index >= 15 is 0 Å². The van der Waals surface area contributed by atoms with E-state index in [4.69, 9.17) is 4.42 Å². The summed E-state index contributed by atoms with van der Waals surface area (Å²) in [6.45, 7) is 0.492. The van der Waals surface area contributed by atoms with Gasteiger partial charge in [-0.2, -0.15) is 5.10 Å². The van der Waals surface area contributed by atoms with Gasteiger partial charge in [0.1, 0.15) is 12.7 Å². The second-order valence-corrected chi connectivity index (χ2v) is 5.69. The van der Waals surface area contributed by atoms with Crippen molar-refractivity contribution in [1.29, 1.82) is 0 Å². The summed E-state index contributed by atoms with van der Waals surface area (Å²) >= 11 is 1.46. The van der Waals surface area contributed by atoms with Gasteiger partial charge in [-0.1, -0.05) is 42.1 Å². The number of amides is 1. The first-order chi connectivity index (χ1) is 11.3. The molecule has 0 bridgehead atoms. The summed E-state index contributed by atoms with van der Waals surface area (Å²) in [5, 5.41) is 7.81. The fraction of sp³-hybridized carbons (Fsp3) is 0.188. The summed E-state index contributed by atoms with van der Waals surface area (Å²) in [6.07, 6.45) is 5.00. The number of aromatic nitrogens is 3. The molecule has 1 amide bonds. The van der Waals surface area contributed by atoms with Crippen LogP contribution in [-0.2, 0) is 6.54 Å². The molecule has 1 unspecified atom stereocenters. The van der Waals surface area contributed by atoms with Crippen molar-refractivity contribution in [2.75, 3.05) is 6.26 Å². The van der Waals surface area contributed by atoms with Crippen LogP contribution in [0.4, 0.5) is 0 Å². The van der Waals surface area contributed by atoms with Crippen LogP contribution in [0, 0.1) is 0 Å². The van der Waals surface area contributed by atoms with E-state index in [0.29, 0.717) is 17.4 Å². The number of carbonyl (C=O) groups is 1. The predicted molar refractivity (Wildman–Crippen MR) is 87.2 cm³/mol. The van der Waals surface area contributed by atoms with Gasteiger partial charge in [-0.15, -0.1) is 0 Å². The van der Waals surface area contributed by atoms with Crippen LogP contribution in [0.25, 0.3) is 0 Å². The normalized spacial score (nSPS) is 12.0. The number of nitrogens with one attached hydrogen (secondary N) is 1. The highest BCUT2D eigenvalue weighted by Crippen LogP contribution is 2.20. The quantitative estimate of drug-likeness (QED) is 0.704. The Bertz CT molecular complexity index is 756. The number of hydrogen-bond acceptors (Lipinski definition) is 5. The minimum Gasteiger partial charge on any atom is -0.445 e. The summed E-state index contributed by atoms with van der Waals surface area (Å²) in [6, 6.07) is 13.0. The molecule has 0 spiro atoms. The molecule has 1 N–H and O–H groups in total. The van der Waals surface area contributed by atoms with Crippen molar-refractivity contribution in [3.63, 3.8) is 0 Å². The molecule has 0 saturated carbocycles. The van der Waals surface area contributed by atoms with Crippen molar-refractivity contribution in [2.45, 2.75) is 17.7 Å². The zero-order valence-corrected chi connectivity index (χ0v) is 13.4. The Kier molecular flexibility index (Phi) is 4.77. The fourth-order valence-corrected chi connectivity index (χ4v) is 2.59. The summed E-state index contributed by atoms with van der Waals surface area (Å²) in [7, 11) is 0. The van der Waals surface area contributed by atoms with Crippen LogP contribution >= 0.6 is 11.8 Å². The highest BCUT2D eigenvalue weighted by Gasteiger charge is 2.19. The summed E-state index contributed by atoms with van der Waals surface area (Å²) < 4.78 is 7.17. The molecular weight excluding hydrogens is 312 g/mol. The van der Waals surface area contributed by atoms with Gasteiger partial charge in [-0.25, -0.2) is 4.98 Å². The minimum atomic E-state index is -0.251. The van der Waals surface area contributed by atoms with Crippen LogP contribution in [0.2, 0.25) is 0 Å². The van der Waals surface area contributed by atoms with Gasteiger partial charge in [0.2, 0.25) is 0 Å². The van der Waals surface area contributed by atoms with Crippen molar-refractivity contribution in [2.24, 2.45) is 0 Å². The third-order valence-corrected chi connectivity index (χ3v) is 3.97. The number of furan rings is 1.